The second-order valence-corrected chi connectivity index (χ2v) is 5.50. The molecule has 0 saturated heterocycles. The Balaban J connectivity index is 1.87. The number of nitrogens with one attached hydrogen (secondary N) is 1. The van der Waals surface area contributed by atoms with Crippen LogP contribution in [0.3, 0.4) is 0 Å². The summed E-state index contributed by atoms with van der Waals surface area (Å²) in [6.45, 7) is 3.94. The van der Waals surface area contributed by atoms with Crippen molar-refractivity contribution in [1.29, 1.82) is 0 Å². The van der Waals surface area contributed by atoms with Crippen LogP contribution < -0.4 is 5.32 Å². The summed E-state index contributed by atoms with van der Waals surface area (Å²) in [4.78, 5) is 23.4. The fourth-order valence-electron chi connectivity index (χ4n) is 2.44. The van der Waals surface area contributed by atoms with Crippen molar-refractivity contribution in [2.45, 2.75) is 26.4 Å². The Morgan fingerprint density at radius 2 is 1.83 bits per heavy atom. The predicted molar refractivity (Wildman–Crippen MR) is 87.9 cm³/mol. The van der Waals surface area contributed by atoms with Gasteiger partial charge in [-0.1, -0.05) is 0 Å². The van der Waals surface area contributed by atoms with Gasteiger partial charge in [0.25, 0.3) is 5.91 Å². The van der Waals surface area contributed by atoms with Crippen LogP contribution in [0.25, 0.3) is 0 Å². The van der Waals surface area contributed by atoms with Gasteiger partial charge in [0.15, 0.2) is 0 Å². The highest BCUT2D eigenvalue weighted by atomic mass is 16.5. The summed E-state index contributed by atoms with van der Waals surface area (Å²) >= 11 is 0. The molecule has 1 heterocycles. The molecule has 2 aromatic rings. The molecule has 1 amide bonds. The Bertz CT molecular complexity index is 718. The molecule has 2 N–H and O–H groups in total. The van der Waals surface area contributed by atoms with Crippen molar-refractivity contribution in [3.8, 4) is 0 Å². The summed E-state index contributed by atoms with van der Waals surface area (Å²) in [5, 5.41) is 12.9. The van der Waals surface area contributed by atoms with Gasteiger partial charge in [-0.3, -0.25) is 4.79 Å². The number of amides is 1. The average molecular weight is 331 g/mol. The highest BCUT2D eigenvalue weighted by Gasteiger charge is 2.15. The van der Waals surface area contributed by atoms with Crippen molar-refractivity contribution in [1.82, 2.24) is 5.32 Å². The molecule has 0 bridgehead atoms. The van der Waals surface area contributed by atoms with Crippen LogP contribution in [-0.4, -0.2) is 30.6 Å². The van der Waals surface area contributed by atoms with Crippen molar-refractivity contribution >= 4 is 11.9 Å². The molecule has 0 spiro atoms. The van der Waals surface area contributed by atoms with Crippen LogP contribution in [0.2, 0.25) is 0 Å². The van der Waals surface area contributed by atoms with E-state index in [1.165, 1.54) is 19.2 Å². The zero-order chi connectivity index (χ0) is 17.7. The Kier molecular flexibility index (Phi) is 5.76. The molecular formula is C18H21NO5. The highest BCUT2D eigenvalue weighted by Crippen LogP contribution is 2.23. The zero-order valence-corrected chi connectivity index (χ0v) is 14.0. The fraction of sp³-hybridized carbons (Fsp3) is 0.333. The van der Waals surface area contributed by atoms with Gasteiger partial charge in [0.05, 0.1) is 18.8 Å². The molecule has 24 heavy (non-hydrogen) atoms. The molecule has 6 nitrogen and oxygen atoms in total. The smallest absolute Gasteiger partial charge is 0.337 e. The summed E-state index contributed by atoms with van der Waals surface area (Å²) in [6.07, 6.45) is -0.310. The highest BCUT2D eigenvalue weighted by molar-refractivity contribution is 5.96. The van der Waals surface area contributed by atoms with E-state index in [9.17, 15) is 14.7 Å². The Hall–Kier alpha value is -2.60. The van der Waals surface area contributed by atoms with E-state index in [0.29, 0.717) is 29.9 Å². The van der Waals surface area contributed by atoms with Crippen LogP contribution in [0.5, 0.6) is 0 Å². The number of carbonyl (C=O) groups is 2. The van der Waals surface area contributed by atoms with E-state index in [1.54, 1.807) is 25.1 Å². The second kappa shape index (κ2) is 7.79. The number of benzene rings is 1. The van der Waals surface area contributed by atoms with E-state index >= 15 is 0 Å². The third-order valence-corrected chi connectivity index (χ3v) is 3.71. The van der Waals surface area contributed by atoms with Crippen molar-refractivity contribution in [2.75, 3.05) is 13.7 Å². The number of aryl methyl sites for hydroxylation is 2. The first-order chi connectivity index (χ1) is 11.4. The van der Waals surface area contributed by atoms with E-state index in [4.69, 9.17) is 4.42 Å². The molecule has 1 aromatic carbocycles. The molecular weight excluding hydrogens is 310 g/mol. The summed E-state index contributed by atoms with van der Waals surface area (Å²) < 4.78 is 9.99. The zero-order valence-electron chi connectivity index (χ0n) is 14.0. The molecule has 0 aliphatic heterocycles. The first-order valence-corrected chi connectivity index (χ1v) is 7.64. The number of furan rings is 1. The largest absolute Gasteiger partial charge is 0.466 e. The summed E-state index contributed by atoms with van der Waals surface area (Å²) in [6, 6.07) is 7.98. The lowest BCUT2D eigenvalue weighted by Gasteiger charge is -2.11. The SMILES string of the molecule is COC(=O)c1ccc(C(=O)NCCC(O)c2cc(C)oc2C)cc1. The van der Waals surface area contributed by atoms with Gasteiger partial charge in [-0.15, -0.1) is 0 Å². The van der Waals surface area contributed by atoms with Crippen molar-refractivity contribution in [3.63, 3.8) is 0 Å². The van der Waals surface area contributed by atoms with Gasteiger partial charge in [0.1, 0.15) is 11.5 Å². The normalized spacial score (nSPS) is 11.8. The average Bonchev–Trinajstić information content (AvgIpc) is 2.92. The van der Waals surface area contributed by atoms with Crippen LogP contribution >= 0.6 is 0 Å². The number of rotatable bonds is 6. The lowest BCUT2D eigenvalue weighted by Crippen LogP contribution is -2.25. The van der Waals surface area contributed by atoms with Gasteiger partial charge in [0.2, 0.25) is 0 Å². The standard InChI is InChI=1S/C18H21NO5/c1-11-10-15(12(2)24-11)16(20)8-9-19-17(21)13-4-6-14(7-5-13)18(22)23-3/h4-7,10,16,20H,8-9H2,1-3H3,(H,19,21). The number of aliphatic hydroxyl groups is 1. The summed E-state index contributed by atoms with van der Waals surface area (Å²) in [5.74, 6) is 0.718. The van der Waals surface area contributed by atoms with Crippen LogP contribution in [-0.2, 0) is 4.74 Å². The lowest BCUT2D eigenvalue weighted by molar-refractivity contribution is 0.0600. The van der Waals surface area contributed by atoms with Crippen molar-refractivity contribution < 1.29 is 23.8 Å². The number of esters is 1. The lowest BCUT2D eigenvalue weighted by atomic mass is 10.1. The van der Waals surface area contributed by atoms with E-state index in [-0.39, 0.29) is 5.91 Å². The van der Waals surface area contributed by atoms with Gasteiger partial charge in [-0.25, -0.2) is 4.79 Å². The molecule has 1 atom stereocenters. The predicted octanol–water partition coefficient (Wildman–Crippen LogP) is 2.54. The number of hydrogen-bond acceptors (Lipinski definition) is 5. The number of methoxy groups -OCH3 is 1. The van der Waals surface area contributed by atoms with E-state index < -0.39 is 12.1 Å². The third-order valence-electron chi connectivity index (χ3n) is 3.71. The molecule has 2 rings (SSSR count). The third kappa shape index (κ3) is 4.23. The molecule has 0 saturated carbocycles. The number of carbonyl (C=O) groups excluding carboxylic acids is 2. The molecule has 0 radical (unpaired) electrons. The van der Waals surface area contributed by atoms with E-state index in [2.05, 4.69) is 10.1 Å². The topological polar surface area (TPSA) is 88.8 Å². The molecule has 1 aromatic heterocycles. The van der Waals surface area contributed by atoms with Crippen LogP contribution in [0.1, 0.15) is 50.3 Å². The minimum absolute atomic E-state index is 0.265. The van der Waals surface area contributed by atoms with Crippen molar-refractivity contribution in [3.05, 3.63) is 58.5 Å². The quantitative estimate of drug-likeness (QED) is 0.794. The van der Waals surface area contributed by atoms with E-state index in [0.717, 1.165) is 11.3 Å². The van der Waals surface area contributed by atoms with Gasteiger partial charge < -0.3 is 19.6 Å². The summed E-state index contributed by atoms with van der Waals surface area (Å²) in [7, 11) is 1.30. The van der Waals surface area contributed by atoms with E-state index in [1.807, 2.05) is 6.92 Å². The second-order valence-electron chi connectivity index (χ2n) is 5.50. The van der Waals surface area contributed by atoms with Gasteiger partial charge in [-0.2, -0.15) is 0 Å². The molecule has 0 fully saturated rings. The molecule has 1 unspecified atom stereocenters. The Labute approximate surface area is 140 Å². The molecule has 0 aliphatic rings. The first kappa shape index (κ1) is 17.7. The summed E-state index contributed by atoms with van der Waals surface area (Å²) in [5.41, 5.74) is 1.56. The van der Waals surface area contributed by atoms with Gasteiger partial charge >= 0.3 is 5.97 Å². The number of ether oxygens (including phenoxy) is 1. The van der Waals surface area contributed by atoms with Gasteiger partial charge in [0, 0.05) is 17.7 Å². The minimum atomic E-state index is -0.690. The molecule has 128 valence electrons. The Morgan fingerprint density at radius 3 is 2.38 bits per heavy atom. The van der Waals surface area contributed by atoms with Crippen LogP contribution in [0.15, 0.2) is 34.7 Å². The fourth-order valence-corrected chi connectivity index (χ4v) is 2.44. The molecule has 0 aliphatic carbocycles. The maximum Gasteiger partial charge on any atom is 0.337 e. The van der Waals surface area contributed by atoms with Crippen LogP contribution in [0, 0.1) is 13.8 Å². The monoisotopic (exact) mass is 331 g/mol. The van der Waals surface area contributed by atoms with Crippen LogP contribution in [0.4, 0.5) is 0 Å². The first-order valence-electron chi connectivity index (χ1n) is 7.64. The number of hydrogen-bond donors (Lipinski definition) is 2. The maximum atomic E-state index is 12.1. The minimum Gasteiger partial charge on any atom is -0.466 e. The maximum absolute atomic E-state index is 12.1. The van der Waals surface area contributed by atoms with Gasteiger partial charge in [-0.05, 0) is 50.6 Å². The Morgan fingerprint density at radius 1 is 1.21 bits per heavy atom. The van der Waals surface area contributed by atoms with Crippen molar-refractivity contribution in [2.24, 2.45) is 0 Å². The number of aliphatic hydroxyl groups excluding tert-OH is 1. The molecule has 6 heteroatoms.